The molecule has 1 amide bonds. The highest BCUT2D eigenvalue weighted by Gasteiger charge is 2.10. The minimum absolute atomic E-state index is 0.281. The molecule has 0 bridgehead atoms. The van der Waals surface area contributed by atoms with Crippen LogP contribution in [-0.4, -0.2) is 15.5 Å². The van der Waals surface area contributed by atoms with Gasteiger partial charge in [0.2, 0.25) is 0 Å². The molecule has 122 valence electrons. The van der Waals surface area contributed by atoms with Gasteiger partial charge in [0.25, 0.3) is 5.91 Å². The molecular formula is C16H12Cl2N4OS. The van der Waals surface area contributed by atoms with E-state index in [2.05, 4.69) is 10.3 Å². The van der Waals surface area contributed by atoms with Gasteiger partial charge >= 0.3 is 0 Å². The number of hydrogen-bond donors (Lipinski definition) is 3. The molecule has 0 aliphatic rings. The fourth-order valence-electron chi connectivity index (χ4n) is 2.16. The van der Waals surface area contributed by atoms with Crippen molar-refractivity contribution in [2.45, 2.75) is 0 Å². The van der Waals surface area contributed by atoms with Gasteiger partial charge in [-0.3, -0.25) is 9.36 Å². The lowest BCUT2D eigenvalue weighted by Crippen LogP contribution is -2.12. The molecule has 24 heavy (non-hydrogen) atoms. The molecule has 2 aromatic carbocycles. The number of nitrogens with two attached hydrogens (primary N) is 1. The zero-order chi connectivity index (χ0) is 17.3. The third-order valence-corrected chi connectivity index (χ3v) is 4.33. The zero-order valence-corrected chi connectivity index (χ0v) is 14.5. The maximum atomic E-state index is 12.3. The van der Waals surface area contributed by atoms with E-state index in [1.807, 2.05) is 18.3 Å². The van der Waals surface area contributed by atoms with Crippen molar-refractivity contribution >= 4 is 52.7 Å². The Balaban J connectivity index is 1.81. The Morgan fingerprint density at radius 2 is 1.79 bits per heavy atom. The second kappa shape index (κ2) is 6.68. The summed E-state index contributed by atoms with van der Waals surface area (Å²) >= 11 is 17.1. The number of nitrogens with one attached hydrogen (secondary N) is 2. The van der Waals surface area contributed by atoms with E-state index in [1.54, 1.807) is 35.0 Å². The van der Waals surface area contributed by atoms with Crippen molar-refractivity contribution in [3.05, 3.63) is 69.2 Å². The van der Waals surface area contributed by atoms with E-state index in [4.69, 9.17) is 41.2 Å². The van der Waals surface area contributed by atoms with Crippen LogP contribution in [0.2, 0.25) is 10.0 Å². The highest BCUT2D eigenvalue weighted by molar-refractivity contribution is 7.71. The molecule has 0 saturated carbocycles. The molecule has 1 heterocycles. The fraction of sp³-hybridized carbons (Fsp3) is 0. The van der Waals surface area contributed by atoms with Gasteiger partial charge in [-0.2, -0.15) is 0 Å². The summed E-state index contributed by atoms with van der Waals surface area (Å²) in [6.07, 6.45) is 3.56. The summed E-state index contributed by atoms with van der Waals surface area (Å²) in [5.41, 5.74) is 7.78. The first kappa shape index (κ1) is 16.6. The summed E-state index contributed by atoms with van der Waals surface area (Å²) in [7, 11) is 0. The number of anilines is 2. The van der Waals surface area contributed by atoms with E-state index in [1.165, 1.54) is 0 Å². The number of aromatic amines is 1. The smallest absolute Gasteiger partial charge is 0.255 e. The highest BCUT2D eigenvalue weighted by Crippen LogP contribution is 2.31. The van der Waals surface area contributed by atoms with Crippen molar-refractivity contribution in [3.63, 3.8) is 0 Å². The van der Waals surface area contributed by atoms with Crippen molar-refractivity contribution < 1.29 is 4.79 Å². The summed E-state index contributed by atoms with van der Waals surface area (Å²) in [6.45, 7) is 0. The molecule has 3 aromatic rings. The zero-order valence-electron chi connectivity index (χ0n) is 12.2. The van der Waals surface area contributed by atoms with Gasteiger partial charge in [0.1, 0.15) is 0 Å². The maximum absolute atomic E-state index is 12.3. The Kier molecular flexibility index (Phi) is 4.62. The molecule has 0 spiro atoms. The first-order chi connectivity index (χ1) is 11.5. The van der Waals surface area contributed by atoms with Crippen molar-refractivity contribution in [3.8, 4) is 5.69 Å². The first-order valence-electron chi connectivity index (χ1n) is 6.88. The summed E-state index contributed by atoms with van der Waals surface area (Å²) in [4.78, 5) is 15.2. The molecule has 1 aromatic heterocycles. The number of aromatic nitrogens is 2. The second-order valence-corrected chi connectivity index (χ2v) is 6.19. The largest absolute Gasteiger partial charge is 0.396 e. The molecule has 0 fully saturated rings. The van der Waals surface area contributed by atoms with Crippen LogP contribution in [0.1, 0.15) is 10.4 Å². The predicted octanol–water partition coefficient (Wildman–Crippen LogP) is 4.68. The highest BCUT2D eigenvalue weighted by atomic mass is 35.5. The number of imidazole rings is 1. The van der Waals surface area contributed by atoms with E-state index in [0.29, 0.717) is 16.0 Å². The second-order valence-electron chi connectivity index (χ2n) is 4.99. The van der Waals surface area contributed by atoms with Crippen LogP contribution >= 0.6 is 35.4 Å². The van der Waals surface area contributed by atoms with E-state index in [9.17, 15) is 4.79 Å². The Hall–Kier alpha value is -2.28. The maximum Gasteiger partial charge on any atom is 0.255 e. The number of H-pyrrole nitrogens is 1. The minimum atomic E-state index is -0.281. The lowest BCUT2D eigenvalue weighted by molar-refractivity contribution is 0.102. The summed E-state index contributed by atoms with van der Waals surface area (Å²) < 4.78 is 2.38. The summed E-state index contributed by atoms with van der Waals surface area (Å²) in [5, 5.41) is 3.31. The van der Waals surface area contributed by atoms with Gasteiger partial charge < -0.3 is 16.0 Å². The molecule has 3 rings (SSSR count). The Bertz CT molecular complexity index is 940. The lowest BCUT2D eigenvalue weighted by Gasteiger charge is -2.09. The molecule has 0 aliphatic carbocycles. The quantitative estimate of drug-likeness (QED) is 0.457. The average Bonchev–Trinajstić information content (AvgIpc) is 2.98. The number of benzene rings is 2. The van der Waals surface area contributed by atoms with Crippen molar-refractivity contribution in [1.29, 1.82) is 0 Å². The van der Waals surface area contributed by atoms with Crippen LogP contribution in [0.5, 0.6) is 0 Å². The number of rotatable bonds is 3. The van der Waals surface area contributed by atoms with Gasteiger partial charge in [-0.25, -0.2) is 0 Å². The molecule has 0 unspecified atom stereocenters. The van der Waals surface area contributed by atoms with E-state index in [-0.39, 0.29) is 21.6 Å². The molecule has 4 N–H and O–H groups in total. The van der Waals surface area contributed by atoms with Gasteiger partial charge in [0.05, 0.1) is 15.7 Å². The Morgan fingerprint density at radius 1 is 1.17 bits per heavy atom. The van der Waals surface area contributed by atoms with E-state index in [0.717, 1.165) is 5.69 Å². The molecule has 0 radical (unpaired) electrons. The topological polar surface area (TPSA) is 75.8 Å². The molecular weight excluding hydrogens is 367 g/mol. The van der Waals surface area contributed by atoms with Crippen LogP contribution in [0.25, 0.3) is 5.69 Å². The van der Waals surface area contributed by atoms with Crippen LogP contribution in [0, 0.1) is 4.77 Å². The van der Waals surface area contributed by atoms with Gasteiger partial charge in [-0.15, -0.1) is 0 Å². The number of halogens is 2. The number of carbonyl (C=O) groups excluding carboxylic acids is 1. The number of carbonyl (C=O) groups is 1. The number of amides is 1. The predicted molar refractivity (Wildman–Crippen MR) is 99.8 cm³/mol. The Labute approximate surface area is 153 Å². The normalized spacial score (nSPS) is 10.6. The number of nitrogens with zero attached hydrogens (tertiary/aromatic N) is 1. The molecule has 0 aliphatic heterocycles. The SMILES string of the molecule is Nc1c(Cl)cc(NC(=O)c2ccc(-n3cc[nH]c3=S)cc2)cc1Cl. The van der Waals surface area contributed by atoms with Crippen LogP contribution < -0.4 is 11.1 Å². The van der Waals surface area contributed by atoms with Gasteiger partial charge in [0.15, 0.2) is 4.77 Å². The number of nitrogen functional groups attached to an aromatic ring is 1. The fourth-order valence-corrected chi connectivity index (χ4v) is 2.88. The minimum Gasteiger partial charge on any atom is -0.396 e. The van der Waals surface area contributed by atoms with Crippen LogP contribution in [0.4, 0.5) is 11.4 Å². The Morgan fingerprint density at radius 3 is 2.33 bits per heavy atom. The molecule has 5 nitrogen and oxygen atoms in total. The van der Waals surface area contributed by atoms with Crippen LogP contribution in [-0.2, 0) is 0 Å². The van der Waals surface area contributed by atoms with Gasteiger partial charge in [-0.05, 0) is 48.6 Å². The van der Waals surface area contributed by atoms with E-state index >= 15 is 0 Å². The van der Waals surface area contributed by atoms with Gasteiger partial charge in [-0.1, -0.05) is 23.2 Å². The van der Waals surface area contributed by atoms with Crippen molar-refractivity contribution in [2.75, 3.05) is 11.1 Å². The molecule has 0 atom stereocenters. The van der Waals surface area contributed by atoms with Crippen molar-refractivity contribution in [2.24, 2.45) is 0 Å². The molecule has 8 heteroatoms. The first-order valence-corrected chi connectivity index (χ1v) is 8.04. The molecule has 0 saturated heterocycles. The summed E-state index contributed by atoms with van der Waals surface area (Å²) in [5.74, 6) is -0.281. The van der Waals surface area contributed by atoms with Crippen molar-refractivity contribution in [1.82, 2.24) is 9.55 Å². The standard InChI is InChI=1S/C16H12Cl2N4OS/c17-12-7-10(8-13(18)14(12)19)21-15(23)9-1-3-11(4-2-9)22-6-5-20-16(22)24/h1-8H,19H2,(H,20,24)(H,21,23). The lowest BCUT2D eigenvalue weighted by atomic mass is 10.2. The third-order valence-electron chi connectivity index (χ3n) is 3.39. The summed E-state index contributed by atoms with van der Waals surface area (Å²) in [6, 6.07) is 10.1. The van der Waals surface area contributed by atoms with E-state index < -0.39 is 0 Å². The van der Waals surface area contributed by atoms with Gasteiger partial charge in [0, 0.05) is 29.3 Å². The van der Waals surface area contributed by atoms with Crippen LogP contribution in [0.3, 0.4) is 0 Å². The monoisotopic (exact) mass is 378 g/mol. The van der Waals surface area contributed by atoms with Crippen LogP contribution in [0.15, 0.2) is 48.8 Å². The average molecular weight is 379 g/mol. The third kappa shape index (κ3) is 3.31. The number of hydrogen-bond acceptors (Lipinski definition) is 3.